The molecule has 0 aliphatic carbocycles. The van der Waals surface area contributed by atoms with Crippen LogP contribution >= 0.6 is 10.0 Å². The maximum Gasteiger partial charge on any atom is 0.0110 e. The van der Waals surface area contributed by atoms with Gasteiger partial charge in [-0.05, 0) is 51.0 Å². The van der Waals surface area contributed by atoms with Crippen LogP contribution in [0.1, 0.15) is 32.1 Å². The number of hydrogen-bond acceptors (Lipinski definition) is 2. The molecule has 0 spiro atoms. The molecule has 0 amide bonds. The molecular weight excluding hydrogens is 240 g/mol. The topological polar surface area (TPSA) is 6.48 Å². The Labute approximate surface area is 116 Å². The molecule has 0 aromatic carbocycles. The molecular formula is C15H34N2S. The minimum atomic E-state index is -0.252. The summed E-state index contributed by atoms with van der Waals surface area (Å²) in [6.07, 6.45) is 14.5. The summed E-state index contributed by atoms with van der Waals surface area (Å²) >= 11 is 0. The van der Waals surface area contributed by atoms with E-state index < -0.39 is 0 Å². The van der Waals surface area contributed by atoms with Gasteiger partial charge in [-0.25, -0.2) is 10.0 Å². The van der Waals surface area contributed by atoms with Crippen LogP contribution in [0.4, 0.5) is 0 Å². The predicted molar refractivity (Wildman–Crippen MR) is 87.3 cm³/mol. The first-order valence-corrected chi connectivity index (χ1v) is 10.6. The molecule has 1 saturated heterocycles. The maximum atomic E-state index is 2.64. The first-order valence-electron chi connectivity index (χ1n) is 7.54. The van der Waals surface area contributed by atoms with Crippen molar-refractivity contribution in [3.63, 3.8) is 0 Å². The second-order valence-corrected chi connectivity index (χ2v) is 11.3. The smallest absolute Gasteiger partial charge is 0.0110 e. The van der Waals surface area contributed by atoms with Crippen LogP contribution in [0, 0.1) is 0 Å². The number of piperazine rings is 1. The summed E-state index contributed by atoms with van der Waals surface area (Å²) in [5.41, 5.74) is 0. The molecule has 0 N–H and O–H groups in total. The van der Waals surface area contributed by atoms with Crippen molar-refractivity contribution in [2.75, 3.05) is 64.3 Å². The van der Waals surface area contributed by atoms with Crippen LogP contribution in [0.2, 0.25) is 0 Å². The van der Waals surface area contributed by atoms with E-state index in [-0.39, 0.29) is 10.0 Å². The molecule has 0 aromatic heterocycles. The Kier molecular flexibility index (Phi) is 7.66. The zero-order valence-corrected chi connectivity index (χ0v) is 13.9. The summed E-state index contributed by atoms with van der Waals surface area (Å²) in [6.45, 7) is 6.41. The van der Waals surface area contributed by atoms with E-state index in [1.165, 1.54) is 70.6 Å². The molecule has 0 saturated carbocycles. The van der Waals surface area contributed by atoms with E-state index in [4.69, 9.17) is 0 Å². The van der Waals surface area contributed by atoms with Gasteiger partial charge in [0, 0.05) is 26.2 Å². The van der Waals surface area contributed by atoms with Gasteiger partial charge in [0.1, 0.15) is 0 Å². The third kappa shape index (κ3) is 8.39. The monoisotopic (exact) mass is 274 g/mol. The van der Waals surface area contributed by atoms with Crippen LogP contribution in [-0.4, -0.2) is 74.1 Å². The second kappa shape index (κ2) is 8.44. The lowest BCUT2D eigenvalue weighted by atomic mass is 10.1. The third-order valence-corrected chi connectivity index (χ3v) is 5.34. The molecule has 0 aromatic rings. The maximum absolute atomic E-state index is 2.64. The van der Waals surface area contributed by atoms with Crippen molar-refractivity contribution in [1.29, 1.82) is 0 Å². The van der Waals surface area contributed by atoms with Gasteiger partial charge in [-0.15, -0.1) is 0 Å². The minimum Gasteiger partial charge on any atom is -0.304 e. The van der Waals surface area contributed by atoms with E-state index in [0.29, 0.717) is 0 Å². The summed E-state index contributed by atoms with van der Waals surface area (Å²) in [5, 5.41) is 0. The van der Waals surface area contributed by atoms with E-state index >= 15 is 0 Å². The van der Waals surface area contributed by atoms with Crippen molar-refractivity contribution in [3.05, 3.63) is 0 Å². The van der Waals surface area contributed by atoms with Gasteiger partial charge in [0.2, 0.25) is 0 Å². The van der Waals surface area contributed by atoms with E-state index in [2.05, 4.69) is 35.6 Å². The number of rotatable bonds is 8. The fraction of sp³-hybridized carbons (Fsp3) is 1.00. The van der Waals surface area contributed by atoms with Crippen LogP contribution in [-0.2, 0) is 0 Å². The normalized spacial score (nSPS) is 20.2. The third-order valence-electron chi connectivity index (χ3n) is 3.83. The summed E-state index contributed by atoms with van der Waals surface area (Å²) in [6, 6.07) is 0. The van der Waals surface area contributed by atoms with Crippen LogP contribution in [0.3, 0.4) is 0 Å². The van der Waals surface area contributed by atoms with Gasteiger partial charge >= 0.3 is 0 Å². The summed E-state index contributed by atoms with van der Waals surface area (Å²) in [5.74, 6) is 1.46. The highest BCUT2D eigenvalue weighted by Crippen LogP contribution is 2.35. The lowest BCUT2D eigenvalue weighted by Gasteiger charge is -2.32. The van der Waals surface area contributed by atoms with Crippen LogP contribution < -0.4 is 0 Å². The number of unbranched alkanes of at least 4 members (excludes halogenated alkanes) is 4. The Morgan fingerprint density at radius 1 is 0.778 bits per heavy atom. The molecule has 110 valence electrons. The van der Waals surface area contributed by atoms with Crippen molar-refractivity contribution in [1.82, 2.24) is 9.80 Å². The Hall–Kier alpha value is 0.270. The van der Waals surface area contributed by atoms with Gasteiger partial charge < -0.3 is 9.80 Å². The van der Waals surface area contributed by atoms with E-state index in [1.54, 1.807) is 0 Å². The van der Waals surface area contributed by atoms with Crippen molar-refractivity contribution in [2.45, 2.75) is 32.1 Å². The summed E-state index contributed by atoms with van der Waals surface area (Å²) < 4.78 is 0. The standard InChI is InChI=1S/C15H34N2S/c1-16-11-13-17(14-12-16)10-8-6-5-7-9-15-18(2,3)4/h5-15H2,1-4H3. The SMILES string of the molecule is CN1CCN(CCCCCCCS(C)(C)C)CC1. The van der Waals surface area contributed by atoms with Crippen molar-refractivity contribution in [3.8, 4) is 0 Å². The quantitative estimate of drug-likeness (QED) is 0.628. The molecule has 3 heteroatoms. The molecule has 0 radical (unpaired) electrons. The molecule has 0 atom stereocenters. The zero-order valence-electron chi connectivity index (χ0n) is 13.1. The highest BCUT2D eigenvalue weighted by Gasteiger charge is 2.12. The van der Waals surface area contributed by atoms with E-state index in [1.807, 2.05) is 0 Å². The number of likely N-dealkylation sites (N-methyl/N-ethyl adjacent to an activating group) is 1. The average Bonchev–Trinajstić information content (AvgIpc) is 2.29. The van der Waals surface area contributed by atoms with Crippen LogP contribution in [0.25, 0.3) is 0 Å². The van der Waals surface area contributed by atoms with Crippen molar-refractivity contribution < 1.29 is 0 Å². The van der Waals surface area contributed by atoms with Crippen LogP contribution in [0.15, 0.2) is 0 Å². The van der Waals surface area contributed by atoms with Gasteiger partial charge in [-0.1, -0.05) is 19.3 Å². The average molecular weight is 275 g/mol. The Bertz CT molecular complexity index is 205. The van der Waals surface area contributed by atoms with Gasteiger partial charge in [0.25, 0.3) is 0 Å². The molecule has 1 aliphatic rings. The minimum absolute atomic E-state index is 0.252. The fourth-order valence-electron chi connectivity index (χ4n) is 2.47. The highest BCUT2D eigenvalue weighted by molar-refractivity contribution is 8.32. The highest BCUT2D eigenvalue weighted by atomic mass is 32.3. The van der Waals surface area contributed by atoms with Gasteiger partial charge in [-0.2, -0.15) is 0 Å². The fourth-order valence-corrected chi connectivity index (χ4v) is 3.54. The van der Waals surface area contributed by atoms with Gasteiger partial charge in [0.15, 0.2) is 0 Å². The Morgan fingerprint density at radius 2 is 1.33 bits per heavy atom. The van der Waals surface area contributed by atoms with Crippen molar-refractivity contribution >= 4 is 10.0 Å². The lowest BCUT2D eigenvalue weighted by Crippen LogP contribution is -2.44. The summed E-state index contributed by atoms with van der Waals surface area (Å²) in [4.78, 5) is 5.07. The molecule has 1 fully saturated rings. The molecule has 0 unspecified atom stereocenters. The van der Waals surface area contributed by atoms with Gasteiger partial charge in [0.05, 0.1) is 0 Å². The van der Waals surface area contributed by atoms with Crippen LogP contribution in [0.5, 0.6) is 0 Å². The molecule has 2 nitrogen and oxygen atoms in total. The molecule has 0 bridgehead atoms. The van der Waals surface area contributed by atoms with E-state index in [9.17, 15) is 0 Å². The second-order valence-electron chi connectivity index (χ2n) is 6.71. The van der Waals surface area contributed by atoms with Gasteiger partial charge in [-0.3, -0.25) is 0 Å². The predicted octanol–water partition coefficient (Wildman–Crippen LogP) is 2.88. The Balaban J connectivity index is 1.87. The first kappa shape index (κ1) is 16.3. The van der Waals surface area contributed by atoms with Crippen molar-refractivity contribution in [2.24, 2.45) is 0 Å². The lowest BCUT2D eigenvalue weighted by molar-refractivity contribution is 0.152. The Morgan fingerprint density at radius 3 is 1.94 bits per heavy atom. The summed E-state index contributed by atoms with van der Waals surface area (Å²) in [7, 11) is 1.98. The number of nitrogens with zero attached hydrogens (tertiary/aromatic N) is 2. The molecule has 1 rings (SSSR count). The molecule has 1 heterocycles. The molecule has 18 heavy (non-hydrogen) atoms. The number of hydrogen-bond donors (Lipinski definition) is 0. The van der Waals surface area contributed by atoms with E-state index in [0.717, 1.165) is 0 Å². The largest absolute Gasteiger partial charge is 0.304 e. The molecule has 1 aliphatic heterocycles. The first-order chi connectivity index (χ1) is 8.47. The zero-order chi connectivity index (χ0) is 13.4.